The number of hydrogen-bond donors (Lipinski definition) is 0. The van der Waals surface area contributed by atoms with E-state index >= 15 is 0 Å². The average molecular weight is 399 g/mol. The van der Waals surface area contributed by atoms with Crippen molar-refractivity contribution in [2.24, 2.45) is 0 Å². The summed E-state index contributed by atoms with van der Waals surface area (Å²) in [5.74, 6) is 0.0313. The van der Waals surface area contributed by atoms with Crippen molar-refractivity contribution >= 4 is 23.2 Å². The van der Waals surface area contributed by atoms with Gasteiger partial charge in [-0.1, -0.05) is 61.9 Å². The highest BCUT2D eigenvalue weighted by Gasteiger charge is 2.11. The Bertz CT molecular complexity index is 1120. The van der Waals surface area contributed by atoms with Crippen LogP contribution in [0.1, 0.15) is 33.5 Å². The Kier molecular flexibility index (Phi) is 5.82. The number of hydrogen-bond acceptors (Lipinski definition) is 3. The number of carbonyl (C=O) groups is 1. The zero-order valence-corrected chi connectivity index (χ0v) is 17.1. The molecule has 0 saturated carbocycles. The fourth-order valence-electron chi connectivity index (χ4n) is 3.18. The van der Waals surface area contributed by atoms with E-state index in [1.54, 1.807) is 17.4 Å². The minimum atomic E-state index is 0.0313. The van der Waals surface area contributed by atoms with Crippen LogP contribution in [0.5, 0.6) is 0 Å². The summed E-state index contributed by atoms with van der Waals surface area (Å²) in [6.45, 7) is 2.15. The number of nitrogens with zero attached hydrogens (tertiary/aromatic N) is 2. The van der Waals surface area contributed by atoms with Crippen molar-refractivity contribution in [3.63, 3.8) is 0 Å². The van der Waals surface area contributed by atoms with Crippen LogP contribution in [-0.2, 0) is 6.42 Å². The van der Waals surface area contributed by atoms with Crippen LogP contribution in [0, 0.1) is 0 Å². The Labute approximate surface area is 175 Å². The molecule has 0 spiro atoms. The summed E-state index contributed by atoms with van der Waals surface area (Å²) in [5.41, 5.74) is 3.78. The fourth-order valence-corrected chi connectivity index (χ4v) is 4.21. The molecule has 0 aliphatic carbocycles. The second kappa shape index (κ2) is 8.84. The summed E-state index contributed by atoms with van der Waals surface area (Å²) >= 11 is 1.58. The molecule has 2 heterocycles. The normalized spacial score (nSPS) is 11.2. The molecule has 2 aromatic carbocycles. The van der Waals surface area contributed by atoms with Gasteiger partial charge in [-0.05, 0) is 42.8 Å². The SMILES string of the molecule is CCCc1ccc(C(=O)/C=C/c2cn(-c3ccccc3)nc2-c2ccccc2)s1. The molecule has 4 heteroatoms. The number of aryl methyl sites for hydroxylation is 1. The van der Waals surface area contributed by atoms with Gasteiger partial charge in [-0.25, -0.2) is 4.68 Å². The predicted molar refractivity (Wildman–Crippen MR) is 121 cm³/mol. The van der Waals surface area contributed by atoms with E-state index in [2.05, 4.69) is 13.0 Å². The van der Waals surface area contributed by atoms with Crippen molar-refractivity contribution in [3.8, 4) is 16.9 Å². The summed E-state index contributed by atoms with van der Waals surface area (Å²) in [6, 6.07) is 24.0. The highest BCUT2D eigenvalue weighted by molar-refractivity contribution is 7.14. The number of carbonyl (C=O) groups excluding carboxylic acids is 1. The van der Waals surface area contributed by atoms with Crippen LogP contribution in [-0.4, -0.2) is 15.6 Å². The minimum absolute atomic E-state index is 0.0313. The lowest BCUT2D eigenvalue weighted by atomic mass is 10.1. The maximum atomic E-state index is 12.7. The van der Waals surface area contributed by atoms with Gasteiger partial charge in [-0.15, -0.1) is 11.3 Å². The molecule has 0 atom stereocenters. The van der Waals surface area contributed by atoms with Crippen LogP contribution in [0.25, 0.3) is 23.0 Å². The molecule has 0 N–H and O–H groups in total. The zero-order chi connectivity index (χ0) is 20.1. The van der Waals surface area contributed by atoms with Crippen molar-refractivity contribution in [1.29, 1.82) is 0 Å². The molecule has 0 saturated heterocycles. The molecule has 29 heavy (non-hydrogen) atoms. The fraction of sp³-hybridized carbons (Fsp3) is 0.120. The summed E-state index contributed by atoms with van der Waals surface area (Å²) < 4.78 is 1.86. The minimum Gasteiger partial charge on any atom is -0.288 e. The summed E-state index contributed by atoms with van der Waals surface area (Å²) in [7, 11) is 0. The topological polar surface area (TPSA) is 34.9 Å². The smallest absolute Gasteiger partial charge is 0.195 e. The van der Waals surface area contributed by atoms with E-state index in [4.69, 9.17) is 5.10 Å². The highest BCUT2D eigenvalue weighted by atomic mass is 32.1. The Morgan fingerprint density at radius 2 is 1.72 bits per heavy atom. The van der Waals surface area contributed by atoms with Crippen LogP contribution in [0.3, 0.4) is 0 Å². The van der Waals surface area contributed by atoms with E-state index in [9.17, 15) is 4.79 Å². The van der Waals surface area contributed by atoms with E-state index in [0.717, 1.165) is 40.2 Å². The first-order valence-electron chi connectivity index (χ1n) is 9.76. The predicted octanol–water partition coefficient (Wildman–Crippen LogP) is 6.45. The molecule has 0 amide bonds. The first kappa shape index (κ1) is 19.1. The van der Waals surface area contributed by atoms with Crippen molar-refractivity contribution in [1.82, 2.24) is 9.78 Å². The van der Waals surface area contributed by atoms with Gasteiger partial charge < -0.3 is 0 Å². The molecule has 4 rings (SSSR count). The second-order valence-electron chi connectivity index (χ2n) is 6.79. The van der Waals surface area contributed by atoms with Crippen molar-refractivity contribution in [3.05, 3.63) is 100 Å². The molecule has 0 radical (unpaired) electrons. The van der Waals surface area contributed by atoms with Gasteiger partial charge in [-0.2, -0.15) is 5.10 Å². The van der Waals surface area contributed by atoms with Gasteiger partial charge in [0.1, 0.15) is 0 Å². The number of thiophene rings is 1. The number of rotatable bonds is 7. The third-order valence-corrected chi connectivity index (χ3v) is 5.79. The first-order chi connectivity index (χ1) is 14.2. The number of allylic oxidation sites excluding steroid dienone is 1. The third-order valence-electron chi connectivity index (χ3n) is 4.63. The molecule has 4 aromatic rings. The highest BCUT2D eigenvalue weighted by Crippen LogP contribution is 2.25. The Morgan fingerprint density at radius 1 is 1.00 bits per heavy atom. The third kappa shape index (κ3) is 4.44. The summed E-state index contributed by atoms with van der Waals surface area (Å²) in [4.78, 5) is 14.7. The van der Waals surface area contributed by atoms with E-state index in [1.807, 2.05) is 83.7 Å². The maximum Gasteiger partial charge on any atom is 0.195 e. The zero-order valence-electron chi connectivity index (χ0n) is 16.3. The van der Waals surface area contributed by atoms with E-state index in [0.29, 0.717) is 0 Å². The van der Waals surface area contributed by atoms with E-state index in [1.165, 1.54) is 4.88 Å². The molecule has 144 valence electrons. The summed E-state index contributed by atoms with van der Waals surface area (Å²) in [6.07, 6.45) is 7.60. The van der Waals surface area contributed by atoms with Crippen molar-refractivity contribution in [2.75, 3.05) is 0 Å². The Balaban J connectivity index is 1.67. The van der Waals surface area contributed by atoms with Crippen LogP contribution < -0.4 is 0 Å². The lowest BCUT2D eigenvalue weighted by molar-refractivity contribution is 0.105. The monoisotopic (exact) mass is 398 g/mol. The largest absolute Gasteiger partial charge is 0.288 e. The van der Waals surface area contributed by atoms with Crippen LogP contribution >= 0.6 is 11.3 Å². The molecule has 3 nitrogen and oxygen atoms in total. The van der Waals surface area contributed by atoms with E-state index < -0.39 is 0 Å². The van der Waals surface area contributed by atoms with Crippen molar-refractivity contribution in [2.45, 2.75) is 19.8 Å². The molecule has 0 fully saturated rings. The standard InChI is InChI=1S/C25H22N2OS/c1-2-9-22-15-17-24(29-22)23(28)16-14-20-18-27(21-12-7-4-8-13-21)26-25(20)19-10-5-3-6-11-19/h3-8,10-18H,2,9H2,1H3/b16-14+. The second-order valence-corrected chi connectivity index (χ2v) is 7.96. The van der Waals surface area contributed by atoms with E-state index in [-0.39, 0.29) is 5.78 Å². The quantitative estimate of drug-likeness (QED) is 0.265. The van der Waals surface area contributed by atoms with Gasteiger partial charge in [0.25, 0.3) is 0 Å². The van der Waals surface area contributed by atoms with Crippen molar-refractivity contribution < 1.29 is 4.79 Å². The maximum absolute atomic E-state index is 12.7. The lowest BCUT2D eigenvalue weighted by Crippen LogP contribution is -1.93. The molecule has 0 aliphatic rings. The molecule has 0 bridgehead atoms. The Hall–Kier alpha value is -3.24. The van der Waals surface area contributed by atoms with Gasteiger partial charge in [0.15, 0.2) is 5.78 Å². The van der Waals surface area contributed by atoms with Crippen LogP contribution in [0.4, 0.5) is 0 Å². The molecule has 0 aliphatic heterocycles. The number of benzene rings is 2. The first-order valence-corrected chi connectivity index (χ1v) is 10.6. The number of ketones is 1. The van der Waals surface area contributed by atoms with Gasteiger partial charge in [0.2, 0.25) is 0 Å². The van der Waals surface area contributed by atoms with Gasteiger partial charge in [0.05, 0.1) is 16.3 Å². The Morgan fingerprint density at radius 3 is 2.45 bits per heavy atom. The average Bonchev–Trinajstić information content (AvgIpc) is 3.41. The summed E-state index contributed by atoms with van der Waals surface area (Å²) in [5, 5.41) is 4.79. The molecular formula is C25H22N2OS. The molecular weight excluding hydrogens is 376 g/mol. The van der Waals surface area contributed by atoms with Gasteiger partial charge >= 0.3 is 0 Å². The molecule has 0 unspecified atom stereocenters. The lowest BCUT2D eigenvalue weighted by Gasteiger charge is -2.00. The van der Waals surface area contributed by atoms with Crippen LogP contribution in [0.2, 0.25) is 0 Å². The van der Waals surface area contributed by atoms with Gasteiger partial charge in [-0.3, -0.25) is 4.79 Å². The number of aromatic nitrogens is 2. The van der Waals surface area contributed by atoms with Gasteiger partial charge in [0, 0.05) is 22.2 Å². The number of para-hydroxylation sites is 1. The molecule has 2 aromatic heterocycles. The van der Waals surface area contributed by atoms with Crippen LogP contribution in [0.15, 0.2) is 85.1 Å².